The Hall–Kier alpha value is -1.51. The fraction of sp³-hybridized carbons (Fsp3) is 0. The molecule has 1 aromatic heterocycles. The molecule has 0 amide bonds. The molecule has 1 aromatic rings. The van der Waals surface area contributed by atoms with E-state index in [4.69, 9.17) is 23.3 Å². The van der Waals surface area contributed by atoms with Crippen LogP contribution in [0.25, 0.3) is 0 Å². The van der Waals surface area contributed by atoms with Gasteiger partial charge in [-0.1, -0.05) is 17.5 Å². The summed E-state index contributed by atoms with van der Waals surface area (Å²) in [5, 5.41) is 8.68. The number of hydrogen-bond acceptors (Lipinski definition) is 2. The maximum Gasteiger partial charge on any atom is 0.146 e. The van der Waals surface area contributed by atoms with Crippen LogP contribution in [0.1, 0.15) is 11.1 Å². The van der Waals surface area contributed by atoms with E-state index in [2.05, 4.69) is 10.9 Å². The smallest absolute Gasteiger partial charge is 0.146 e. The highest BCUT2D eigenvalue weighted by Crippen LogP contribution is 2.11. The van der Waals surface area contributed by atoms with E-state index >= 15 is 0 Å². The van der Waals surface area contributed by atoms with Crippen LogP contribution in [0.15, 0.2) is 12.3 Å². The second kappa shape index (κ2) is 3.05. The molecule has 0 saturated heterocycles. The molecule has 0 radical (unpaired) electrons. The van der Waals surface area contributed by atoms with Crippen LogP contribution in [0.5, 0.6) is 0 Å². The SMILES string of the molecule is C#Cc1cnc(Cl)c(C#N)c1. The molecular weight excluding hydrogens is 160 g/mol. The molecule has 0 atom stereocenters. The van der Waals surface area contributed by atoms with Crippen molar-refractivity contribution >= 4 is 11.6 Å². The second-order valence-electron chi connectivity index (χ2n) is 1.82. The molecule has 0 spiro atoms. The van der Waals surface area contributed by atoms with Crippen molar-refractivity contribution in [2.24, 2.45) is 0 Å². The minimum Gasteiger partial charge on any atom is -0.242 e. The zero-order valence-corrected chi connectivity index (χ0v) is 6.26. The Bertz CT molecular complexity index is 357. The van der Waals surface area contributed by atoms with Gasteiger partial charge in [0.05, 0.1) is 5.56 Å². The van der Waals surface area contributed by atoms with Crippen LogP contribution in [0.4, 0.5) is 0 Å². The van der Waals surface area contributed by atoms with Gasteiger partial charge in [-0.2, -0.15) is 5.26 Å². The van der Waals surface area contributed by atoms with Crippen molar-refractivity contribution in [1.82, 2.24) is 4.98 Å². The number of nitrogens with zero attached hydrogens (tertiary/aromatic N) is 2. The molecule has 0 fully saturated rings. The van der Waals surface area contributed by atoms with E-state index in [-0.39, 0.29) is 5.15 Å². The summed E-state index contributed by atoms with van der Waals surface area (Å²) in [5.74, 6) is 2.36. The lowest BCUT2D eigenvalue weighted by Crippen LogP contribution is -1.84. The van der Waals surface area contributed by atoms with E-state index in [1.54, 1.807) is 0 Å². The molecule has 0 aliphatic rings. The number of pyridine rings is 1. The van der Waals surface area contributed by atoms with Crippen LogP contribution in [0.3, 0.4) is 0 Å². The third kappa shape index (κ3) is 1.49. The van der Waals surface area contributed by atoms with Crippen LogP contribution in [0.2, 0.25) is 5.15 Å². The monoisotopic (exact) mass is 162 g/mol. The van der Waals surface area contributed by atoms with E-state index in [0.717, 1.165) is 0 Å². The third-order valence-corrected chi connectivity index (χ3v) is 1.43. The van der Waals surface area contributed by atoms with Crippen molar-refractivity contribution in [2.75, 3.05) is 0 Å². The van der Waals surface area contributed by atoms with Gasteiger partial charge in [-0.15, -0.1) is 6.42 Å². The normalized spacial score (nSPS) is 8.27. The molecule has 1 rings (SSSR count). The Labute approximate surface area is 69.4 Å². The van der Waals surface area contributed by atoms with Crippen LogP contribution in [-0.4, -0.2) is 4.98 Å². The predicted molar refractivity (Wildman–Crippen MR) is 41.9 cm³/mol. The van der Waals surface area contributed by atoms with E-state index < -0.39 is 0 Å². The average molecular weight is 163 g/mol. The van der Waals surface area contributed by atoms with Crippen molar-refractivity contribution in [3.63, 3.8) is 0 Å². The van der Waals surface area contributed by atoms with Crippen molar-refractivity contribution in [2.45, 2.75) is 0 Å². The van der Waals surface area contributed by atoms with Gasteiger partial charge in [0.1, 0.15) is 11.2 Å². The molecule has 0 saturated carbocycles. The Morgan fingerprint density at radius 2 is 2.36 bits per heavy atom. The van der Waals surface area contributed by atoms with Gasteiger partial charge in [0.25, 0.3) is 0 Å². The molecule has 3 heteroatoms. The summed E-state index contributed by atoms with van der Waals surface area (Å²) in [6, 6.07) is 3.40. The van der Waals surface area contributed by atoms with Crippen LogP contribution in [-0.2, 0) is 0 Å². The van der Waals surface area contributed by atoms with Gasteiger partial charge in [0.15, 0.2) is 0 Å². The quantitative estimate of drug-likeness (QED) is 0.429. The molecule has 1 heterocycles. The Morgan fingerprint density at radius 3 is 2.91 bits per heavy atom. The van der Waals surface area contributed by atoms with Gasteiger partial charge in [0.2, 0.25) is 0 Å². The van der Waals surface area contributed by atoms with Gasteiger partial charge >= 0.3 is 0 Å². The minimum absolute atomic E-state index is 0.187. The highest BCUT2D eigenvalue weighted by atomic mass is 35.5. The third-order valence-electron chi connectivity index (χ3n) is 1.13. The van der Waals surface area contributed by atoms with Crippen LogP contribution in [0, 0.1) is 23.7 Å². The molecule has 0 aromatic carbocycles. The molecule has 0 unspecified atom stereocenters. The van der Waals surface area contributed by atoms with Crippen LogP contribution < -0.4 is 0 Å². The summed E-state index contributed by atoms with van der Waals surface area (Å²) in [6.45, 7) is 0. The number of hydrogen-bond donors (Lipinski definition) is 0. The minimum atomic E-state index is 0.187. The number of terminal acetylenes is 1. The second-order valence-corrected chi connectivity index (χ2v) is 2.18. The first-order valence-corrected chi connectivity index (χ1v) is 3.18. The van der Waals surface area contributed by atoms with Crippen molar-refractivity contribution < 1.29 is 0 Å². The summed E-state index contributed by atoms with van der Waals surface area (Å²) < 4.78 is 0. The molecule has 0 aliphatic carbocycles. The van der Waals surface area contributed by atoms with E-state index in [1.807, 2.05) is 6.07 Å². The van der Waals surface area contributed by atoms with E-state index in [9.17, 15) is 0 Å². The highest BCUT2D eigenvalue weighted by Gasteiger charge is 1.99. The largest absolute Gasteiger partial charge is 0.242 e. The highest BCUT2D eigenvalue weighted by molar-refractivity contribution is 6.30. The lowest BCUT2D eigenvalue weighted by Gasteiger charge is -1.92. The Balaban J connectivity index is 3.29. The number of nitriles is 1. The molecule has 11 heavy (non-hydrogen) atoms. The topological polar surface area (TPSA) is 36.7 Å². The predicted octanol–water partition coefficient (Wildman–Crippen LogP) is 1.59. The first-order chi connectivity index (χ1) is 5.27. The van der Waals surface area contributed by atoms with Gasteiger partial charge in [-0.05, 0) is 6.07 Å². The molecular formula is C8H3ClN2. The first kappa shape index (κ1) is 7.60. The number of halogens is 1. The molecule has 0 N–H and O–H groups in total. The van der Waals surface area contributed by atoms with Crippen molar-refractivity contribution in [3.05, 3.63) is 28.5 Å². The standard InChI is InChI=1S/C8H3ClN2/c1-2-6-3-7(4-10)8(9)11-5-6/h1,3,5H. The van der Waals surface area contributed by atoms with Crippen LogP contribution >= 0.6 is 11.6 Å². The summed E-state index contributed by atoms with van der Waals surface area (Å²) in [4.78, 5) is 3.72. The van der Waals surface area contributed by atoms with E-state index in [0.29, 0.717) is 11.1 Å². The fourth-order valence-electron chi connectivity index (χ4n) is 0.605. The van der Waals surface area contributed by atoms with Gasteiger partial charge in [-0.3, -0.25) is 0 Å². The Morgan fingerprint density at radius 1 is 1.64 bits per heavy atom. The summed E-state index contributed by atoms with van der Waals surface area (Å²) >= 11 is 5.55. The summed E-state index contributed by atoms with van der Waals surface area (Å²) in [6.07, 6.45) is 6.53. The average Bonchev–Trinajstić information content (AvgIpc) is 2.05. The lowest BCUT2D eigenvalue weighted by molar-refractivity contribution is 1.29. The van der Waals surface area contributed by atoms with Gasteiger partial charge in [0, 0.05) is 11.8 Å². The summed E-state index contributed by atoms with van der Waals surface area (Å²) in [7, 11) is 0. The van der Waals surface area contributed by atoms with Crippen molar-refractivity contribution in [1.29, 1.82) is 5.26 Å². The Kier molecular flexibility index (Phi) is 2.11. The van der Waals surface area contributed by atoms with Crippen molar-refractivity contribution in [3.8, 4) is 18.4 Å². The van der Waals surface area contributed by atoms with Gasteiger partial charge in [-0.25, -0.2) is 4.98 Å². The summed E-state index contributed by atoms with van der Waals surface area (Å²) in [5.41, 5.74) is 0.869. The molecule has 0 aliphatic heterocycles. The maximum absolute atomic E-state index is 8.50. The molecule has 0 bridgehead atoms. The fourth-order valence-corrected chi connectivity index (χ4v) is 0.751. The number of rotatable bonds is 0. The molecule has 2 nitrogen and oxygen atoms in total. The maximum atomic E-state index is 8.50. The zero-order valence-electron chi connectivity index (χ0n) is 5.50. The number of aromatic nitrogens is 1. The molecule has 52 valence electrons. The first-order valence-electron chi connectivity index (χ1n) is 2.80. The van der Waals surface area contributed by atoms with E-state index in [1.165, 1.54) is 12.3 Å². The zero-order chi connectivity index (χ0) is 8.27. The lowest BCUT2D eigenvalue weighted by atomic mass is 10.2. The van der Waals surface area contributed by atoms with Gasteiger partial charge < -0.3 is 0 Å².